The van der Waals surface area contributed by atoms with Gasteiger partial charge >= 0.3 is 0 Å². The van der Waals surface area contributed by atoms with Gasteiger partial charge in [0.2, 0.25) is 10.0 Å². The predicted octanol–water partition coefficient (Wildman–Crippen LogP) is 1.76. The van der Waals surface area contributed by atoms with Crippen molar-refractivity contribution in [3.63, 3.8) is 0 Å². The molecule has 0 amide bonds. The molecule has 22 heavy (non-hydrogen) atoms. The molecular formula is C14H20N4O3S. The van der Waals surface area contributed by atoms with Crippen LogP contribution in [-0.2, 0) is 15.4 Å². The van der Waals surface area contributed by atoms with Crippen molar-refractivity contribution in [1.29, 1.82) is 0 Å². The summed E-state index contributed by atoms with van der Waals surface area (Å²) in [7, 11) is -3.55. The number of aromatic amines is 1. The van der Waals surface area contributed by atoms with Crippen LogP contribution in [0.3, 0.4) is 0 Å². The van der Waals surface area contributed by atoms with Gasteiger partial charge in [-0.05, 0) is 32.8 Å². The van der Waals surface area contributed by atoms with Crippen LogP contribution in [0.5, 0.6) is 0 Å². The van der Waals surface area contributed by atoms with E-state index in [1.807, 2.05) is 6.07 Å². The Labute approximate surface area is 129 Å². The van der Waals surface area contributed by atoms with E-state index in [4.69, 9.17) is 4.52 Å². The van der Waals surface area contributed by atoms with Crippen LogP contribution in [0.25, 0.3) is 0 Å². The van der Waals surface area contributed by atoms with E-state index in [1.54, 1.807) is 20.0 Å². The molecule has 3 heterocycles. The lowest BCUT2D eigenvalue weighted by Crippen LogP contribution is -2.44. The zero-order valence-electron chi connectivity index (χ0n) is 13.0. The summed E-state index contributed by atoms with van der Waals surface area (Å²) in [6.45, 7) is 6.37. The number of H-pyrrole nitrogens is 1. The molecule has 0 unspecified atom stereocenters. The highest BCUT2D eigenvalue weighted by Gasteiger charge is 2.39. The molecule has 3 rings (SSSR count). The summed E-state index contributed by atoms with van der Waals surface area (Å²) in [5.74, 6) is 0.347. The van der Waals surface area contributed by atoms with E-state index in [-0.39, 0.29) is 10.3 Å². The molecule has 0 saturated carbocycles. The molecule has 8 heteroatoms. The number of nitrogens with one attached hydrogen (secondary N) is 1. The van der Waals surface area contributed by atoms with Crippen molar-refractivity contribution in [1.82, 2.24) is 19.7 Å². The smallest absolute Gasteiger partial charge is 0.248 e. The molecule has 0 spiro atoms. The molecule has 0 atom stereocenters. The second-order valence-electron chi connectivity index (χ2n) is 6.09. The first-order valence-electron chi connectivity index (χ1n) is 7.27. The third-order valence-electron chi connectivity index (χ3n) is 4.54. The third-order valence-corrected chi connectivity index (χ3v) is 6.69. The standard InChI is InChI=1S/C14H20N4O3S/c1-10-13(11(2)21-17-10)22(19,20)18-8-5-14(3,6-9-18)12-4-7-15-16-12/h4,7H,5-6,8-9H2,1-3H3,(H,15,16). The van der Waals surface area contributed by atoms with Gasteiger partial charge in [0.25, 0.3) is 0 Å². The highest BCUT2D eigenvalue weighted by atomic mass is 32.2. The van der Waals surface area contributed by atoms with E-state index in [2.05, 4.69) is 22.3 Å². The van der Waals surface area contributed by atoms with Gasteiger partial charge in [-0.2, -0.15) is 9.40 Å². The number of aryl methyl sites for hydroxylation is 2. The molecule has 2 aromatic heterocycles. The molecule has 2 aromatic rings. The highest BCUT2D eigenvalue weighted by Crippen LogP contribution is 2.36. The van der Waals surface area contributed by atoms with Crippen molar-refractivity contribution in [2.75, 3.05) is 13.1 Å². The molecule has 0 bridgehead atoms. The van der Waals surface area contributed by atoms with Crippen LogP contribution in [0.1, 0.15) is 36.9 Å². The van der Waals surface area contributed by atoms with Crippen LogP contribution in [0.4, 0.5) is 0 Å². The Morgan fingerprint density at radius 1 is 1.32 bits per heavy atom. The topological polar surface area (TPSA) is 92.1 Å². The lowest BCUT2D eigenvalue weighted by molar-refractivity contribution is 0.244. The number of sulfonamides is 1. The van der Waals surface area contributed by atoms with Crippen molar-refractivity contribution in [2.45, 2.75) is 43.9 Å². The highest BCUT2D eigenvalue weighted by molar-refractivity contribution is 7.89. The molecule has 0 radical (unpaired) electrons. The van der Waals surface area contributed by atoms with Crippen LogP contribution in [0.2, 0.25) is 0 Å². The summed E-state index contributed by atoms with van der Waals surface area (Å²) < 4.78 is 32.1. The zero-order valence-corrected chi connectivity index (χ0v) is 13.8. The molecule has 7 nitrogen and oxygen atoms in total. The summed E-state index contributed by atoms with van der Waals surface area (Å²) in [5, 5.41) is 10.8. The second kappa shape index (κ2) is 5.20. The molecular weight excluding hydrogens is 304 g/mol. The number of nitrogens with zero attached hydrogens (tertiary/aromatic N) is 3. The maximum atomic E-state index is 12.8. The first-order valence-corrected chi connectivity index (χ1v) is 8.71. The van der Waals surface area contributed by atoms with E-state index in [1.165, 1.54) is 4.31 Å². The van der Waals surface area contributed by atoms with Gasteiger partial charge in [-0.1, -0.05) is 12.1 Å². The van der Waals surface area contributed by atoms with Gasteiger partial charge in [-0.25, -0.2) is 8.42 Å². The number of hydrogen-bond donors (Lipinski definition) is 1. The lowest BCUT2D eigenvalue weighted by Gasteiger charge is -2.37. The van der Waals surface area contributed by atoms with Gasteiger partial charge in [0.15, 0.2) is 5.76 Å². The fraction of sp³-hybridized carbons (Fsp3) is 0.571. The van der Waals surface area contributed by atoms with E-state index in [0.29, 0.717) is 24.5 Å². The SMILES string of the molecule is Cc1noc(C)c1S(=O)(=O)N1CCC(C)(c2ccn[nH]2)CC1. The monoisotopic (exact) mass is 324 g/mol. The van der Waals surface area contributed by atoms with Gasteiger partial charge in [-0.15, -0.1) is 0 Å². The Bertz CT molecular complexity index is 737. The Morgan fingerprint density at radius 3 is 2.50 bits per heavy atom. The molecule has 1 N–H and O–H groups in total. The Morgan fingerprint density at radius 2 is 2.00 bits per heavy atom. The summed E-state index contributed by atoms with van der Waals surface area (Å²) in [5.41, 5.74) is 1.41. The van der Waals surface area contributed by atoms with Gasteiger partial charge in [0, 0.05) is 30.4 Å². The van der Waals surface area contributed by atoms with Gasteiger partial charge < -0.3 is 4.52 Å². The van der Waals surface area contributed by atoms with Crippen LogP contribution in [-0.4, -0.2) is 41.2 Å². The predicted molar refractivity (Wildman–Crippen MR) is 79.9 cm³/mol. The van der Waals surface area contributed by atoms with E-state index in [9.17, 15) is 8.42 Å². The number of hydrogen-bond acceptors (Lipinski definition) is 5. The van der Waals surface area contributed by atoms with E-state index in [0.717, 1.165) is 18.5 Å². The minimum Gasteiger partial charge on any atom is -0.360 e. The first kappa shape index (κ1) is 15.2. The van der Waals surface area contributed by atoms with Crippen LogP contribution < -0.4 is 0 Å². The maximum absolute atomic E-state index is 12.8. The minimum atomic E-state index is -3.55. The van der Waals surface area contributed by atoms with Crippen molar-refractivity contribution in [3.05, 3.63) is 29.4 Å². The summed E-state index contributed by atoms with van der Waals surface area (Å²) in [6.07, 6.45) is 3.23. The van der Waals surface area contributed by atoms with Gasteiger partial charge in [0.1, 0.15) is 10.6 Å². The molecule has 1 aliphatic heterocycles. The van der Waals surface area contributed by atoms with Gasteiger partial charge in [-0.3, -0.25) is 5.10 Å². The third kappa shape index (κ3) is 2.36. The molecule has 0 aromatic carbocycles. The van der Waals surface area contributed by atoms with Crippen LogP contribution in [0, 0.1) is 13.8 Å². The largest absolute Gasteiger partial charge is 0.360 e. The molecule has 1 fully saturated rings. The summed E-state index contributed by atoms with van der Waals surface area (Å²) in [4.78, 5) is 0.206. The first-order chi connectivity index (χ1) is 10.3. The minimum absolute atomic E-state index is 0.0682. The molecule has 1 aliphatic rings. The maximum Gasteiger partial charge on any atom is 0.248 e. The average molecular weight is 324 g/mol. The second-order valence-corrected chi connectivity index (χ2v) is 7.96. The average Bonchev–Trinajstić information content (AvgIpc) is 3.10. The lowest BCUT2D eigenvalue weighted by atomic mass is 9.78. The van der Waals surface area contributed by atoms with Crippen molar-refractivity contribution >= 4 is 10.0 Å². The van der Waals surface area contributed by atoms with Crippen molar-refractivity contribution < 1.29 is 12.9 Å². The normalized spacial score (nSPS) is 19.4. The Balaban J connectivity index is 1.82. The summed E-state index contributed by atoms with van der Waals surface area (Å²) >= 11 is 0. The van der Waals surface area contributed by atoms with Crippen molar-refractivity contribution in [2.24, 2.45) is 0 Å². The Kier molecular flexibility index (Phi) is 3.60. The number of piperidine rings is 1. The Hall–Kier alpha value is -1.67. The summed E-state index contributed by atoms with van der Waals surface area (Å²) in [6, 6.07) is 1.96. The zero-order chi connectivity index (χ0) is 16.0. The van der Waals surface area contributed by atoms with Crippen molar-refractivity contribution in [3.8, 4) is 0 Å². The molecule has 1 saturated heterocycles. The fourth-order valence-electron chi connectivity index (χ4n) is 3.05. The van der Waals surface area contributed by atoms with Gasteiger partial charge in [0.05, 0.1) is 0 Å². The van der Waals surface area contributed by atoms with E-state index < -0.39 is 10.0 Å². The molecule has 0 aliphatic carbocycles. The van der Waals surface area contributed by atoms with E-state index >= 15 is 0 Å². The fourth-order valence-corrected chi connectivity index (χ4v) is 4.79. The number of rotatable bonds is 3. The molecule has 120 valence electrons. The number of aromatic nitrogens is 3. The van der Waals surface area contributed by atoms with Crippen LogP contribution in [0.15, 0.2) is 21.7 Å². The van der Waals surface area contributed by atoms with Crippen LogP contribution >= 0.6 is 0 Å². The quantitative estimate of drug-likeness (QED) is 0.928.